The van der Waals surface area contributed by atoms with Gasteiger partial charge in [-0.3, -0.25) is 4.90 Å². The summed E-state index contributed by atoms with van der Waals surface area (Å²) in [5.41, 5.74) is 0. The number of aromatic nitrogens is 4. The Morgan fingerprint density at radius 1 is 1.25 bits per heavy atom. The summed E-state index contributed by atoms with van der Waals surface area (Å²) in [7, 11) is 0. The van der Waals surface area contributed by atoms with E-state index in [9.17, 15) is 5.11 Å². The van der Waals surface area contributed by atoms with Crippen molar-refractivity contribution in [1.82, 2.24) is 25.1 Å². The van der Waals surface area contributed by atoms with Crippen molar-refractivity contribution in [3.8, 4) is 0 Å². The van der Waals surface area contributed by atoms with E-state index >= 15 is 0 Å². The standard InChI is InChI=1S/C17H25N5O2/c23-15(16-6-4-10-24-16)11-14-5-2-1-3-9-21(14)12-17-18-19-20-22(17)13-7-8-13/h4,6,10,13-15,23H,1-3,5,7-9,11-12H2. The molecule has 1 N–H and O–H groups in total. The first-order valence-corrected chi connectivity index (χ1v) is 9.03. The topological polar surface area (TPSA) is 80.2 Å². The minimum absolute atomic E-state index is 0.331. The highest BCUT2D eigenvalue weighted by Gasteiger charge is 2.30. The predicted octanol–water partition coefficient (Wildman–Crippen LogP) is 2.47. The fraction of sp³-hybridized carbons (Fsp3) is 0.706. The first-order chi connectivity index (χ1) is 11.8. The molecular formula is C17H25N5O2. The Morgan fingerprint density at radius 3 is 2.96 bits per heavy atom. The third-order valence-electron chi connectivity index (χ3n) is 5.16. The summed E-state index contributed by atoms with van der Waals surface area (Å²) in [5, 5.41) is 22.8. The van der Waals surface area contributed by atoms with Crippen molar-refractivity contribution < 1.29 is 9.52 Å². The molecule has 0 aromatic carbocycles. The maximum Gasteiger partial charge on any atom is 0.165 e. The zero-order chi connectivity index (χ0) is 16.4. The van der Waals surface area contributed by atoms with Crippen LogP contribution in [0.15, 0.2) is 22.8 Å². The van der Waals surface area contributed by atoms with Gasteiger partial charge in [0, 0.05) is 6.04 Å². The molecule has 3 heterocycles. The molecule has 24 heavy (non-hydrogen) atoms. The van der Waals surface area contributed by atoms with Gasteiger partial charge in [0.25, 0.3) is 0 Å². The van der Waals surface area contributed by atoms with Crippen molar-refractivity contribution in [2.24, 2.45) is 0 Å². The molecule has 1 aliphatic carbocycles. The van der Waals surface area contributed by atoms with E-state index < -0.39 is 6.10 Å². The van der Waals surface area contributed by atoms with Crippen molar-refractivity contribution in [2.75, 3.05) is 6.54 Å². The normalized spacial score (nSPS) is 24.0. The van der Waals surface area contributed by atoms with Crippen LogP contribution in [0.2, 0.25) is 0 Å². The van der Waals surface area contributed by atoms with Gasteiger partial charge in [0.1, 0.15) is 11.9 Å². The van der Waals surface area contributed by atoms with Crippen molar-refractivity contribution in [3.63, 3.8) is 0 Å². The summed E-state index contributed by atoms with van der Waals surface area (Å²) in [5.74, 6) is 1.61. The number of hydrogen-bond donors (Lipinski definition) is 1. The SMILES string of the molecule is OC(CC1CCCCCN1Cc1nnnn1C1CC1)c1ccco1. The Kier molecular flexibility index (Phi) is 4.62. The molecule has 1 aliphatic heterocycles. The fourth-order valence-electron chi connectivity index (χ4n) is 3.67. The smallest absolute Gasteiger partial charge is 0.165 e. The molecule has 0 amide bonds. The van der Waals surface area contributed by atoms with E-state index in [-0.39, 0.29) is 0 Å². The summed E-state index contributed by atoms with van der Waals surface area (Å²) in [6, 6.07) is 4.50. The summed E-state index contributed by atoms with van der Waals surface area (Å²) in [6.45, 7) is 1.80. The molecule has 1 saturated heterocycles. The lowest BCUT2D eigenvalue weighted by Crippen LogP contribution is -2.36. The minimum atomic E-state index is -0.551. The summed E-state index contributed by atoms with van der Waals surface area (Å²) >= 11 is 0. The van der Waals surface area contributed by atoms with E-state index in [0.717, 1.165) is 25.3 Å². The summed E-state index contributed by atoms with van der Waals surface area (Å²) in [4.78, 5) is 2.45. The first kappa shape index (κ1) is 15.8. The van der Waals surface area contributed by atoms with Gasteiger partial charge in [-0.25, -0.2) is 4.68 Å². The van der Waals surface area contributed by atoms with Gasteiger partial charge in [0.15, 0.2) is 5.82 Å². The van der Waals surface area contributed by atoms with Crippen LogP contribution >= 0.6 is 0 Å². The molecule has 0 spiro atoms. The Hall–Kier alpha value is -1.73. The Labute approximate surface area is 141 Å². The van der Waals surface area contributed by atoms with Crippen LogP contribution in [0.5, 0.6) is 0 Å². The third kappa shape index (κ3) is 3.52. The third-order valence-corrected chi connectivity index (χ3v) is 5.16. The second-order valence-corrected chi connectivity index (χ2v) is 7.01. The van der Waals surface area contributed by atoms with Gasteiger partial charge >= 0.3 is 0 Å². The van der Waals surface area contributed by atoms with Gasteiger partial charge in [-0.05, 0) is 61.2 Å². The molecule has 2 aromatic rings. The van der Waals surface area contributed by atoms with Crippen molar-refractivity contribution in [2.45, 2.75) is 69.7 Å². The molecule has 7 nitrogen and oxygen atoms in total. The molecule has 0 radical (unpaired) electrons. The van der Waals surface area contributed by atoms with Crippen LogP contribution in [0.3, 0.4) is 0 Å². The molecular weight excluding hydrogens is 306 g/mol. The lowest BCUT2D eigenvalue weighted by Gasteiger charge is -2.30. The van der Waals surface area contributed by atoms with Gasteiger partial charge < -0.3 is 9.52 Å². The van der Waals surface area contributed by atoms with Gasteiger partial charge in [-0.15, -0.1) is 5.10 Å². The molecule has 2 aliphatic rings. The van der Waals surface area contributed by atoms with Gasteiger partial charge in [0.05, 0.1) is 18.8 Å². The second-order valence-electron chi connectivity index (χ2n) is 7.01. The van der Waals surface area contributed by atoms with E-state index in [0.29, 0.717) is 24.3 Å². The van der Waals surface area contributed by atoms with Gasteiger partial charge in [-0.2, -0.15) is 0 Å². The molecule has 7 heteroatoms. The minimum Gasteiger partial charge on any atom is -0.467 e. The molecule has 130 valence electrons. The maximum atomic E-state index is 10.5. The van der Waals surface area contributed by atoms with E-state index in [2.05, 4.69) is 20.4 Å². The lowest BCUT2D eigenvalue weighted by molar-refractivity contribution is 0.0811. The van der Waals surface area contributed by atoms with E-state index in [1.807, 2.05) is 16.8 Å². The second kappa shape index (κ2) is 7.03. The molecule has 1 saturated carbocycles. The number of aliphatic hydroxyl groups is 1. The Balaban J connectivity index is 1.46. The lowest BCUT2D eigenvalue weighted by atomic mass is 10.0. The van der Waals surface area contributed by atoms with Crippen molar-refractivity contribution in [3.05, 3.63) is 30.0 Å². The predicted molar refractivity (Wildman–Crippen MR) is 87.0 cm³/mol. The van der Waals surface area contributed by atoms with E-state index in [1.54, 1.807) is 6.26 Å². The summed E-state index contributed by atoms with van der Waals surface area (Å²) in [6.07, 6.45) is 8.87. The highest BCUT2D eigenvalue weighted by atomic mass is 16.4. The number of hydrogen-bond acceptors (Lipinski definition) is 6. The van der Waals surface area contributed by atoms with Crippen molar-refractivity contribution >= 4 is 0 Å². The van der Waals surface area contributed by atoms with Crippen LogP contribution in [0, 0.1) is 0 Å². The van der Waals surface area contributed by atoms with Crippen molar-refractivity contribution in [1.29, 1.82) is 0 Å². The number of aliphatic hydroxyl groups excluding tert-OH is 1. The Bertz CT molecular complexity index is 637. The molecule has 0 bridgehead atoms. The number of nitrogens with zero attached hydrogens (tertiary/aromatic N) is 5. The molecule has 2 fully saturated rings. The van der Waals surface area contributed by atoms with Crippen LogP contribution in [0.4, 0.5) is 0 Å². The quantitative estimate of drug-likeness (QED) is 0.876. The van der Waals surface area contributed by atoms with Crippen LogP contribution in [-0.2, 0) is 6.54 Å². The number of tetrazole rings is 1. The average molecular weight is 331 g/mol. The first-order valence-electron chi connectivity index (χ1n) is 9.03. The van der Waals surface area contributed by atoms with Gasteiger partial charge in [-0.1, -0.05) is 12.8 Å². The number of furan rings is 1. The summed E-state index contributed by atoms with van der Waals surface area (Å²) < 4.78 is 7.35. The van der Waals surface area contributed by atoms with Crippen LogP contribution in [-0.4, -0.2) is 42.8 Å². The molecule has 2 unspecified atom stereocenters. The van der Waals surface area contributed by atoms with Crippen LogP contribution in [0.25, 0.3) is 0 Å². The highest BCUT2D eigenvalue weighted by Crippen LogP contribution is 2.35. The number of likely N-dealkylation sites (tertiary alicyclic amines) is 1. The highest BCUT2D eigenvalue weighted by molar-refractivity contribution is 5.03. The molecule has 2 aromatic heterocycles. The van der Waals surface area contributed by atoms with E-state index in [1.165, 1.54) is 32.1 Å². The number of rotatable bonds is 6. The monoisotopic (exact) mass is 331 g/mol. The molecule has 4 rings (SSSR count). The zero-order valence-corrected chi connectivity index (χ0v) is 13.9. The zero-order valence-electron chi connectivity index (χ0n) is 13.9. The van der Waals surface area contributed by atoms with Crippen LogP contribution in [0.1, 0.15) is 68.7 Å². The average Bonchev–Trinajstić information content (AvgIpc) is 3.14. The fourth-order valence-corrected chi connectivity index (χ4v) is 3.67. The molecule has 2 atom stereocenters. The van der Waals surface area contributed by atoms with Crippen LogP contribution < -0.4 is 0 Å². The van der Waals surface area contributed by atoms with Gasteiger partial charge in [0.2, 0.25) is 0 Å². The van der Waals surface area contributed by atoms with E-state index in [4.69, 9.17) is 4.42 Å². The maximum absolute atomic E-state index is 10.5. The Morgan fingerprint density at radius 2 is 2.17 bits per heavy atom. The largest absolute Gasteiger partial charge is 0.467 e.